The standard InChI is InChI=1S/C73H100O11SSi3/c1-13-52(5)48-55(82-86(14-2,15-3)16-4)43-44-63-53(6)49-56(78-63)50-66(85(76,77)57-32-22-17-23-33-57)62(75)51-65-68(83-87(72(7,8)9,58-34-24-18-25-35-58)59-36-26-19-27-37-59)69-70(81-65)71(67-64(80-69)45-42-54(79-67)46-47-74)84-88(73(10,11)12,60-38-28-20-29-39-60)61-40-30-21-31-41-61/h17-41,54-56,62-71,74-75H,1,6,14-16,42-51H2,2-5,7-12H3/t54-,55+,56-,62?,63+,64+,65-,66?,67+,68+,69+,70-,71+/m1/s1. The number of sulfone groups is 1. The summed E-state index contributed by atoms with van der Waals surface area (Å²) in [6.45, 7) is 30.7. The molecule has 4 heterocycles. The molecular formula is C73H100O11SSi3. The second-order valence-corrected chi connectivity index (χ2v) is 42.7. The van der Waals surface area contributed by atoms with E-state index in [0.717, 1.165) is 62.9 Å². The largest absolute Gasteiger partial charge is 0.414 e. The van der Waals surface area contributed by atoms with Crippen LogP contribution < -0.4 is 20.7 Å². The van der Waals surface area contributed by atoms with Gasteiger partial charge in [0.1, 0.15) is 30.5 Å². The van der Waals surface area contributed by atoms with Crippen molar-refractivity contribution in [1.82, 2.24) is 0 Å². The van der Waals surface area contributed by atoms with Gasteiger partial charge in [-0.2, -0.15) is 0 Å². The third-order valence-corrected chi connectivity index (χ3v) is 36.8. The lowest BCUT2D eigenvalue weighted by Gasteiger charge is -2.53. The van der Waals surface area contributed by atoms with Crippen molar-refractivity contribution in [1.29, 1.82) is 0 Å². The molecular weight excluding hydrogens is 1170 g/mol. The minimum Gasteiger partial charge on any atom is -0.414 e. The average Bonchev–Trinajstić information content (AvgIpc) is 1.28. The van der Waals surface area contributed by atoms with E-state index < -0.39 is 105 Å². The van der Waals surface area contributed by atoms with Crippen LogP contribution >= 0.6 is 0 Å². The fraction of sp³-hybridized carbons (Fsp3) is 0.521. The Kier molecular flexibility index (Phi) is 22.4. The van der Waals surface area contributed by atoms with Gasteiger partial charge in [-0.3, -0.25) is 0 Å². The Morgan fingerprint density at radius 1 is 0.636 bits per heavy atom. The third-order valence-electron chi connectivity index (χ3n) is 19.8. The van der Waals surface area contributed by atoms with Crippen LogP contribution in [0.3, 0.4) is 0 Å². The Labute approximate surface area is 530 Å². The van der Waals surface area contributed by atoms with Gasteiger partial charge >= 0.3 is 0 Å². The average molecular weight is 1270 g/mol. The molecule has 0 bridgehead atoms. The maximum absolute atomic E-state index is 15.5. The van der Waals surface area contributed by atoms with E-state index in [9.17, 15) is 10.2 Å². The van der Waals surface area contributed by atoms with E-state index >= 15 is 8.42 Å². The minimum atomic E-state index is -4.23. The predicted molar refractivity (Wildman–Crippen MR) is 361 cm³/mol. The topological polar surface area (TPSA) is 139 Å². The van der Waals surface area contributed by atoms with Gasteiger partial charge in [-0.05, 0) is 124 Å². The molecule has 5 aromatic carbocycles. The van der Waals surface area contributed by atoms with Crippen molar-refractivity contribution < 1.29 is 50.9 Å². The molecule has 5 aromatic rings. The molecule has 476 valence electrons. The molecule has 9 rings (SSSR count). The zero-order valence-electron chi connectivity index (χ0n) is 54.0. The lowest BCUT2D eigenvalue weighted by atomic mass is 9.87. The number of ether oxygens (including phenoxy) is 4. The maximum Gasteiger partial charge on any atom is 0.261 e. The van der Waals surface area contributed by atoms with E-state index in [-0.39, 0.29) is 42.7 Å². The summed E-state index contributed by atoms with van der Waals surface area (Å²) in [5.41, 5.74) is 5.06. The maximum atomic E-state index is 15.5. The monoisotopic (exact) mass is 1270 g/mol. The molecule has 13 atom stereocenters. The number of aliphatic hydroxyl groups excluding tert-OH is 2. The summed E-state index contributed by atoms with van der Waals surface area (Å²) in [5, 5.41) is 25.9. The van der Waals surface area contributed by atoms with Crippen LogP contribution in [0.15, 0.2) is 187 Å². The van der Waals surface area contributed by atoms with Crippen LogP contribution in [0.2, 0.25) is 28.2 Å². The van der Waals surface area contributed by atoms with Crippen LogP contribution in [0.1, 0.15) is 127 Å². The molecule has 15 heteroatoms. The van der Waals surface area contributed by atoms with Gasteiger partial charge < -0.3 is 42.4 Å². The van der Waals surface area contributed by atoms with Crippen molar-refractivity contribution in [3.05, 3.63) is 182 Å². The van der Waals surface area contributed by atoms with Gasteiger partial charge in [0.25, 0.3) is 16.6 Å². The highest BCUT2D eigenvalue weighted by molar-refractivity contribution is 7.92. The highest BCUT2D eigenvalue weighted by atomic mass is 32.2. The van der Waals surface area contributed by atoms with Crippen LogP contribution in [0.4, 0.5) is 0 Å². The second-order valence-electron chi connectivity index (χ2n) is 27.3. The van der Waals surface area contributed by atoms with Crippen LogP contribution in [-0.4, -0.2) is 129 Å². The van der Waals surface area contributed by atoms with E-state index in [0.29, 0.717) is 32.1 Å². The fourth-order valence-corrected chi connectivity index (χ4v) is 29.1. The summed E-state index contributed by atoms with van der Waals surface area (Å²) in [4.78, 5) is 0.121. The Morgan fingerprint density at radius 3 is 1.58 bits per heavy atom. The first-order valence-corrected chi connectivity index (χ1v) is 40.5. The highest BCUT2D eigenvalue weighted by Gasteiger charge is 2.65. The van der Waals surface area contributed by atoms with Crippen LogP contribution in [0.5, 0.6) is 0 Å². The molecule has 0 aliphatic carbocycles. The first-order chi connectivity index (χ1) is 42.1. The Morgan fingerprint density at radius 2 is 1.11 bits per heavy atom. The Hall–Kier alpha value is -4.40. The summed E-state index contributed by atoms with van der Waals surface area (Å²) in [7, 11) is -13.0. The van der Waals surface area contributed by atoms with Gasteiger partial charge in [-0.25, -0.2) is 8.42 Å². The molecule has 88 heavy (non-hydrogen) atoms. The minimum absolute atomic E-state index is 0.0177. The summed E-state index contributed by atoms with van der Waals surface area (Å²) >= 11 is 0. The lowest BCUT2D eigenvalue weighted by molar-refractivity contribution is -0.255. The summed E-state index contributed by atoms with van der Waals surface area (Å²) in [6, 6.07) is 53.7. The predicted octanol–water partition coefficient (Wildman–Crippen LogP) is 12.3. The smallest absolute Gasteiger partial charge is 0.261 e. The quantitative estimate of drug-likeness (QED) is 0.0295. The van der Waals surface area contributed by atoms with Gasteiger partial charge in [-0.15, -0.1) is 5.73 Å². The fourth-order valence-electron chi connectivity index (χ4n) is 14.9. The van der Waals surface area contributed by atoms with E-state index in [1.54, 1.807) is 30.3 Å². The van der Waals surface area contributed by atoms with Gasteiger partial charge in [0.05, 0.1) is 46.8 Å². The van der Waals surface area contributed by atoms with Crippen molar-refractivity contribution >= 4 is 55.5 Å². The SMILES string of the molecule is C=C=C(C)C[C@H](CC[C@@H]1O[C@@H](CC(C(O)C[C@H]2O[C@H]3[C@@H](O[Si](c4ccccc4)(c4ccccc4)C(C)(C)C)[C@H]4O[C@@H](CCO)CC[C@@H]4O[C@H]3[C@H]2O[Si](c2ccccc2)(c2ccccc2)C(C)(C)C)S(=O)(=O)c2ccccc2)CC1=C)O[Si](CC)(CC)CC. The van der Waals surface area contributed by atoms with Crippen LogP contribution in [-0.2, 0) is 42.1 Å². The van der Waals surface area contributed by atoms with Crippen molar-refractivity contribution in [2.24, 2.45) is 0 Å². The van der Waals surface area contributed by atoms with Crippen molar-refractivity contribution in [2.45, 2.75) is 239 Å². The van der Waals surface area contributed by atoms with Gasteiger partial charge in [0.15, 0.2) is 18.2 Å². The van der Waals surface area contributed by atoms with E-state index in [1.807, 2.05) is 24.3 Å². The molecule has 0 saturated carbocycles. The van der Waals surface area contributed by atoms with Gasteiger partial charge in [-0.1, -0.05) is 215 Å². The number of aliphatic hydroxyl groups is 2. The van der Waals surface area contributed by atoms with Crippen molar-refractivity contribution in [3.8, 4) is 0 Å². The molecule has 4 fully saturated rings. The third kappa shape index (κ3) is 14.3. The summed E-state index contributed by atoms with van der Waals surface area (Å²) in [5.74, 6) is 0. The number of hydrogen-bond donors (Lipinski definition) is 2. The Balaban J connectivity index is 1.15. The molecule has 4 saturated heterocycles. The number of benzene rings is 5. The number of rotatable bonds is 27. The highest BCUT2D eigenvalue weighted by Crippen LogP contribution is 2.49. The van der Waals surface area contributed by atoms with E-state index in [2.05, 4.69) is 185 Å². The number of fused-ring (bicyclic) bond motifs is 2. The van der Waals surface area contributed by atoms with Crippen LogP contribution in [0.25, 0.3) is 0 Å². The molecule has 2 unspecified atom stereocenters. The van der Waals surface area contributed by atoms with E-state index in [1.165, 1.54) is 0 Å². The molecule has 0 radical (unpaired) electrons. The zero-order chi connectivity index (χ0) is 63.1. The number of hydrogen-bond acceptors (Lipinski definition) is 11. The Bertz CT molecular complexity index is 3100. The molecule has 0 spiro atoms. The van der Waals surface area contributed by atoms with Crippen molar-refractivity contribution in [2.75, 3.05) is 6.61 Å². The zero-order valence-corrected chi connectivity index (χ0v) is 57.8. The molecule has 0 amide bonds. The second kappa shape index (κ2) is 29.0. The molecule has 11 nitrogen and oxygen atoms in total. The molecule has 4 aliphatic rings. The normalized spacial score (nSPS) is 25.5. The van der Waals surface area contributed by atoms with Gasteiger partial charge in [0.2, 0.25) is 0 Å². The van der Waals surface area contributed by atoms with Crippen LogP contribution in [0, 0.1) is 0 Å². The first-order valence-electron chi connectivity index (χ1n) is 32.6. The lowest BCUT2D eigenvalue weighted by Crippen LogP contribution is -2.73. The van der Waals surface area contributed by atoms with Crippen molar-refractivity contribution in [3.63, 3.8) is 0 Å². The first kappa shape index (κ1) is 68.0. The molecule has 2 N–H and O–H groups in total. The summed E-state index contributed by atoms with van der Waals surface area (Å²) in [6.07, 6.45) is -3.53. The van der Waals surface area contributed by atoms with E-state index in [4.69, 9.17) is 32.2 Å². The molecule has 0 aromatic heterocycles. The van der Waals surface area contributed by atoms with Gasteiger partial charge in [0, 0.05) is 25.6 Å². The summed E-state index contributed by atoms with van der Waals surface area (Å²) < 4.78 is 84.1. The molecule has 4 aliphatic heterocycles.